The molecular weight excluding hydrogens is 174 g/mol. The zero-order chi connectivity index (χ0) is 10.6. The van der Waals surface area contributed by atoms with E-state index in [9.17, 15) is 0 Å². The van der Waals surface area contributed by atoms with E-state index >= 15 is 0 Å². The van der Waals surface area contributed by atoms with Gasteiger partial charge in [-0.15, -0.1) is 0 Å². The third-order valence-corrected chi connectivity index (χ3v) is 2.27. The SMILES string of the molecule is Cc1ccc(C)c(N/N=C\C=N)c1C. The Balaban J connectivity index is 3.00. The average molecular weight is 189 g/mol. The van der Waals surface area contributed by atoms with Gasteiger partial charge in [0.15, 0.2) is 0 Å². The summed E-state index contributed by atoms with van der Waals surface area (Å²) >= 11 is 0. The van der Waals surface area contributed by atoms with E-state index in [-0.39, 0.29) is 0 Å². The van der Waals surface area contributed by atoms with Crippen LogP contribution in [0.3, 0.4) is 0 Å². The van der Waals surface area contributed by atoms with Crippen molar-refractivity contribution in [1.29, 1.82) is 5.41 Å². The van der Waals surface area contributed by atoms with Gasteiger partial charge >= 0.3 is 0 Å². The van der Waals surface area contributed by atoms with Crippen LogP contribution in [0.2, 0.25) is 0 Å². The largest absolute Gasteiger partial charge is 0.307 e. The summed E-state index contributed by atoms with van der Waals surface area (Å²) in [6.07, 6.45) is 2.56. The van der Waals surface area contributed by atoms with Gasteiger partial charge in [0, 0.05) is 6.21 Å². The molecule has 0 aliphatic carbocycles. The van der Waals surface area contributed by atoms with E-state index in [0.717, 1.165) is 17.5 Å². The van der Waals surface area contributed by atoms with Crippen molar-refractivity contribution in [3.63, 3.8) is 0 Å². The third kappa shape index (κ3) is 2.19. The minimum atomic E-state index is 1.03. The van der Waals surface area contributed by atoms with Crippen LogP contribution in [0.1, 0.15) is 16.7 Å². The molecule has 1 rings (SSSR count). The first-order chi connectivity index (χ1) is 6.66. The number of hydrazone groups is 1. The first-order valence-corrected chi connectivity index (χ1v) is 4.51. The average Bonchev–Trinajstić information content (AvgIpc) is 2.18. The fourth-order valence-electron chi connectivity index (χ4n) is 1.26. The van der Waals surface area contributed by atoms with Gasteiger partial charge in [0.05, 0.1) is 11.9 Å². The quantitative estimate of drug-likeness (QED) is 0.557. The standard InChI is InChI=1S/C11H15N3/c1-8-4-5-9(2)11(10(8)3)14-13-7-6-12/h4-7,12,14H,1-3H3/b12-6?,13-7-. The number of nitrogens with zero attached hydrogens (tertiary/aromatic N) is 1. The van der Waals surface area contributed by atoms with Crippen LogP contribution in [-0.2, 0) is 0 Å². The van der Waals surface area contributed by atoms with E-state index in [1.165, 1.54) is 17.3 Å². The normalized spacial score (nSPS) is 10.5. The molecule has 0 atom stereocenters. The molecule has 0 radical (unpaired) electrons. The molecule has 2 N–H and O–H groups in total. The molecule has 3 nitrogen and oxygen atoms in total. The topological polar surface area (TPSA) is 48.2 Å². The van der Waals surface area contributed by atoms with Gasteiger partial charge in [0.2, 0.25) is 0 Å². The first kappa shape index (κ1) is 10.4. The highest BCUT2D eigenvalue weighted by atomic mass is 15.3. The number of nitrogens with one attached hydrogen (secondary N) is 2. The van der Waals surface area contributed by atoms with Gasteiger partial charge in [0.25, 0.3) is 0 Å². The van der Waals surface area contributed by atoms with Gasteiger partial charge in [-0.2, -0.15) is 5.10 Å². The van der Waals surface area contributed by atoms with E-state index < -0.39 is 0 Å². The highest BCUT2D eigenvalue weighted by Crippen LogP contribution is 2.22. The molecule has 0 aliphatic heterocycles. The zero-order valence-electron chi connectivity index (χ0n) is 8.76. The van der Waals surface area contributed by atoms with Gasteiger partial charge in [-0.25, -0.2) is 0 Å². The van der Waals surface area contributed by atoms with E-state index in [2.05, 4.69) is 36.5 Å². The number of anilines is 1. The number of hydrogen-bond acceptors (Lipinski definition) is 3. The molecular formula is C11H15N3. The molecule has 0 unspecified atom stereocenters. The number of aryl methyl sites for hydroxylation is 2. The summed E-state index contributed by atoms with van der Waals surface area (Å²) in [5.41, 5.74) is 7.57. The molecule has 0 heterocycles. The monoisotopic (exact) mass is 189 g/mol. The van der Waals surface area contributed by atoms with Gasteiger partial charge in [0.1, 0.15) is 0 Å². The smallest absolute Gasteiger partial charge is 0.0648 e. The summed E-state index contributed by atoms with van der Waals surface area (Å²) in [4.78, 5) is 0. The van der Waals surface area contributed by atoms with Gasteiger partial charge in [-0.1, -0.05) is 12.1 Å². The van der Waals surface area contributed by atoms with Crippen LogP contribution in [0.15, 0.2) is 17.2 Å². The van der Waals surface area contributed by atoms with Crippen molar-refractivity contribution < 1.29 is 0 Å². The Hall–Kier alpha value is -1.64. The van der Waals surface area contributed by atoms with Crippen molar-refractivity contribution in [2.75, 3.05) is 5.43 Å². The summed E-state index contributed by atoms with van der Waals surface area (Å²) in [5.74, 6) is 0. The van der Waals surface area contributed by atoms with Crippen LogP contribution in [0.5, 0.6) is 0 Å². The summed E-state index contributed by atoms with van der Waals surface area (Å²) in [6, 6.07) is 4.15. The molecule has 1 aromatic rings. The molecule has 14 heavy (non-hydrogen) atoms. The van der Waals surface area contributed by atoms with Crippen LogP contribution in [0.4, 0.5) is 5.69 Å². The number of benzene rings is 1. The van der Waals surface area contributed by atoms with E-state index in [1.807, 2.05) is 6.92 Å². The van der Waals surface area contributed by atoms with Crippen molar-refractivity contribution >= 4 is 18.1 Å². The number of hydrogen-bond donors (Lipinski definition) is 2. The van der Waals surface area contributed by atoms with E-state index in [1.54, 1.807) is 0 Å². The number of rotatable bonds is 3. The molecule has 0 spiro atoms. The molecule has 0 fully saturated rings. The molecule has 0 saturated heterocycles. The first-order valence-electron chi connectivity index (χ1n) is 4.51. The van der Waals surface area contributed by atoms with Crippen LogP contribution in [-0.4, -0.2) is 12.4 Å². The summed E-state index contributed by atoms with van der Waals surface area (Å²) in [7, 11) is 0. The van der Waals surface area contributed by atoms with Crippen molar-refractivity contribution in [2.45, 2.75) is 20.8 Å². The maximum Gasteiger partial charge on any atom is 0.0648 e. The van der Waals surface area contributed by atoms with E-state index in [4.69, 9.17) is 5.41 Å². The van der Waals surface area contributed by atoms with Crippen molar-refractivity contribution in [1.82, 2.24) is 0 Å². The summed E-state index contributed by atoms with van der Waals surface area (Å²) in [5, 5.41) is 10.7. The molecule has 3 heteroatoms. The van der Waals surface area contributed by atoms with Crippen LogP contribution >= 0.6 is 0 Å². The summed E-state index contributed by atoms with van der Waals surface area (Å²) < 4.78 is 0. The minimum absolute atomic E-state index is 1.03. The lowest BCUT2D eigenvalue weighted by atomic mass is 10.0. The lowest BCUT2D eigenvalue weighted by Gasteiger charge is -2.10. The Morgan fingerprint density at radius 1 is 1.21 bits per heavy atom. The molecule has 0 bridgehead atoms. The zero-order valence-corrected chi connectivity index (χ0v) is 8.76. The fraction of sp³-hybridized carbons (Fsp3) is 0.273. The van der Waals surface area contributed by atoms with Gasteiger partial charge in [-0.05, 0) is 37.5 Å². The van der Waals surface area contributed by atoms with Gasteiger partial charge < -0.3 is 5.41 Å². The summed E-state index contributed by atoms with van der Waals surface area (Å²) in [6.45, 7) is 6.17. The maximum absolute atomic E-state index is 6.80. The minimum Gasteiger partial charge on any atom is -0.307 e. The van der Waals surface area contributed by atoms with E-state index in [0.29, 0.717) is 0 Å². The van der Waals surface area contributed by atoms with Crippen LogP contribution in [0, 0.1) is 26.2 Å². The molecule has 0 saturated carbocycles. The second kappa shape index (κ2) is 4.56. The van der Waals surface area contributed by atoms with Crippen molar-refractivity contribution in [2.24, 2.45) is 5.10 Å². The molecule has 0 aromatic heterocycles. The molecule has 1 aromatic carbocycles. The second-order valence-electron chi connectivity index (χ2n) is 3.26. The molecule has 74 valence electrons. The Bertz CT molecular complexity index is 367. The Kier molecular flexibility index (Phi) is 3.40. The molecule has 0 amide bonds. The lowest BCUT2D eigenvalue weighted by Crippen LogP contribution is -1.97. The molecule has 0 aliphatic rings. The van der Waals surface area contributed by atoms with Crippen molar-refractivity contribution in [3.8, 4) is 0 Å². The predicted octanol–water partition coefficient (Wildman–Crippen LogP) is 2.66. The van der Waals surface area contributed by atoms with Crippen LogP contribution < -0.4 is 5.43 Å². The lowest BCUT2D eigenvalue weighted by molar-refractivity contribution is 1.24. The van der Waals surface area contributed by atoms with Gasteiger partial charge in [-0.3, -0.25) is 5.43 Å². The Morgan fingerprint density at radius 3 is 2.50 bits per heavy atom. The highest BCUT2D eigenvalue weighted by Gasteiger charge is 2.02. The Morgan fingerprint density at radius 2 is 1.86 bits per heavy atom. The third-order valence-electron chi connectivity index (χ3n) is 2.27. The Labute approximate surface area is 84.4 Å². The highest BCUT2D eigenvalue weighted by molar-refractivity contribution is 6.14. The second-order valence-corrected chi connectivity index (χ2v) is 3.26. The predicted molar refractivity (Wildman–Crippen MR) is 61.6 cm³/mol. The fourth-order valence-corrected chi connectivity index (χ4v) is 1.26. The van der Waals surface area contributed by atoms with Crippen molar-refractivity contribution in [3.05, 3.63) is 28.8 Å². The van der Waals surface area contributed by atoms with Crippen LogP contribution in [0.25, 0.3) is 0 Å². The maximum atomic E-state index is 6.80.